The van der Waals surface area contributed by atoms with E-state index in [2.05, 4.69) is 42.3 Å². The predicted octanol–water partition coefficient (Wildman–Crippen LogP) is 2.48. The third kappa shape index (κ3) is 3.36. The van der Waals surface area contributed by atoms with Crippen LogP contribution in [0.4, 0.5) is 0 Å². The lowest BCUT2D eigenvalue weighted by Gasteiger charge is -2.33. The molecular weight excluding hydrogens is 294 g/mol. The molecule has 4 nitrogen and oxygen atoms in total. The monoisotopic (exact) mass is 315 g/mol. The number of amides is 1. The van der Waals surface area contributed by atoms with Crippen molar-refractivity contribution in [2.45, 2.75) is 26.3 Å². The number of nitrogens with zero attached hydrogens (tertiary/aromatic N) is 2. The van der Waals surface area contributed by atoms with Gasteiger partial charge in [0.1, 0.15) is 5.01 Å². The van der Waals surface area contributed by atoms with Gasteiger partial charge in [0.15, 0.2) is 0 Å². The second-order valence-corrected chi connectivity index (χ2v) is 6.69. The summed E-state index contributed by atoms with van der Waals surface area (Å²) >= 11 is 1.61. The molecule has 0 saturated carbocycles. The number of aromatic nitrogens is 1. The fraction of sp³-hybridized carbons (Fsp3) is 0.412. The molecule has 1 N–H and O–H groups in total. The number of aryl methyl sites for hydroxylation is 1. The van der Waals surface area contributed by atoms with Crippen molar-refractivity contribution in [3.63, 3.8) is 0 Å². The van der Waals surface area contributed by atoms with Gasteiger partial charge in [-0.2, -0.15) is 0 Å². The van der Waals surface area contributed by atoms with E-state index in [0.29, 0.717) is 6.42 Å². The van der Waals surface area contributed by atoms with Gasteiger partial charge >= 0.3 is 0 Å². The molecule has 0 spiro atoms. The van der Waals surface area contributed by atoms with Crippen LogP contribution in [0.5, 0.6) is 0 Å². The standard InChI is InChI=1S/C17H21N3OS/c1-12-4-3-5-14(8-12)17-19-15(11-22-17)9-16(21)20-7-6-18-10-13(20)2/h3-5,8,11,13,18H,6-7,9-10H2,1-2H3. The zero-order valence-corrected chi connectivity index (χ0v) is 13.8. The van der Waals surface area contributed by atoms with Gasteiger partial charge in [0.05, 0.1) is 12.1 Å². The summed E-state index contributed by atoms with van der Waals surface area (Å²) in [6.07, 6.45) is 0.395. The average Bonchev–Trinajstić information content (AvgIpc) is 2.96. The van der Waals surface area contributed by atoms with Crippen LogP contribution in [0.15, 0.2) is 29.6 Å². The number of rotatable bonds is 3. The number of thiazole rings is 1. The molecule has 5 heteroatoms. The SMILES string of the molecule is Cc1cccc(-c2nc(CC(=O)N3CCNCC3C)cs2)c1. The van der Waals surface area contributed by atoms with Gasteiger partial charge in [-0.3, -0.25) is 4.79 Å². The summed E-state index contributed by atoms with van der Waals surface area (Å²) in [5.41, 5.74) is 3.22. The first-order valence-corrected chi connectivity index (χ1v) is 8.53. The molecule has 0 aliphatic carbocycles. The van der Waals surface area contributed by atoms with Crippen LogP contribution in [-0.4, -0.2) is 41.5 Å². The number of piperazine rings is 1. The second-order valence-electron chi connectivity index (χ2n) is 5.83. The predicted molar refractivity (Wildman–Crippen MR) is 90.0 cm³/mol. The van der Waals surface area contributed by atoms with Gasteiger partial charge in [0.2, 0.25) is 5.91 Å². The molecule has 0 bridgehead atoms. The first-order chi connectivity index (χ1) is 10.6. The van der Waals surface area contributed by atoms with E-state index in [0.717, 1.165) is 35.9 Å². The quantitative estimate of drug-likeness (QED) is 0.946. The molecular formula is C17H21N3OS. The maximum absolute atomic E-state index is 12.4. The normalized spacial score (nSPS) is 18.5. The van der Waals surface area contributed by atoms with Crippen LogP contribution in [0.3, 0.4) is 0 Å². The maximum Gasteiger partial charge on any atom is 0.228 e. The maximum atomic E-state index is 12.4. The molecule has 2 aromatic rings. The molecule has 22 heavy (non-hydrogen) atoms. The lowest BCUT2D eigenvalue weighted by atomic mass is 10.1. The van der Waals surface area contributed by atoms with Crippen LogP contribution in [0.25, 0.3) is 10.6 Å². The van der Waals surface area contributed by atoms with Crippen molar-refractivity contribution in [2.75, 3.05) is 19.6 Å². The third-order valence-electron chi connectivity index (χ3n) is 3.97. The van der Waals surface area contributed by atoms with Crippen LogP contribution < -0.4 is 5.32 Å². The molecule has 1 aromatic carbocycles. The molecule has 1 unspecified atom stereocenters. The molecule has 1 atom stereocenters. The zero-order valence-electron chi connectivity index (χ0n) is 13.0. The highest BCUT2D eigenvalue weighted by molar-refractivity contribution is 7.13. The Labute approximate surface area is 135 Å². The van der Waals surface area contributed by atoms with Crippen LogP contribution in [0.2, 0.25) is 0 Å². The van der Waals surface area contributed by atoms with Crippen molar-refractivity contribution in [1.82, 2.24) is 15.2 Å². The van der Waals surface area contributed by atoms with Gasteiger partial charge in [-0.15, -0.1) is 11.3 Å². The van der Waals surface area contributed by atoms with Gasteiger partial charge in [-0.05, 0) is 19.9 Å². The Morgan fingerprint density at radius 1 is 1.50 bits per heavy atom. The summed E-state index contributed by atoms with van der Waals surface area (Å²) in [6.45, 7) is 6.70. The number of carbonyl (C=O) groups is 1. The van der Waals surface area contributed by atoms with Crippen LogP contribution in [0, 0.1) is 6.92 Å². The Balaban J connectivity index is 1.70. The summed E-state index contributed by atoms with van der Waals surface area (Å²) in [4.78, 5) is 19.0. The fourth-order valence-corrected chi connectivity index (χ4v) is 3.58. The molecule has 1 amide bonds. The van der Waals surface area contributed by atoms with Gasteiger partial charge in [-0.25, -0.2) is 4.98 Å². The van der Waals surface area contributed by atoms with E-state index in [1.165, 1.54) is 5.56 Å². The molecule has 1 aliphatic rings. The van der Waals surface area contributed by atoms with Crippen molar-refractivity contribution < 1.29 is 4.79 Å². The summed E-state index contributed by atoms with van der Waals surface area (Å²) < 4.78 is 0. The van der Waals surface area contributed by atoms with E-state index in [9.17, 15) is 4.79 Å². The van der Waals surface area contributed by atoms with Crippen LogP contribution in [-0.2, 0) is 11.2 Å². The summed E-state index contributed by atoms with van der Waals surface area (Å²) in [5, 5.41) is 6.30. The van der Waals surface area contributed by atoms with Gasteiger partial charge in [0, 0.05) is 36.6 Å². The highest BCUT2D eigenvalue weighted by Crippen LogP contribution is 2.24. The van der Waals surface area contributed by atoms with Crippen molar-refractivity contribution in [3.05, 3.63) is 40.9 Å². The molecule has 1 saturated heterocycles. The molecule has 1 aromatic heterocycles. The molecule has 0 radical (unpaired) electrons. The van der Waals surface area contributed by atoms with E-state index in [1.54, 1.807) is 11.3 Å². The zero-order chi connectivity index (χ0) is 15.5. The number of benzene rings is 1. The Hall–Kier alpha value is -1.72. The molecule has 1 fully saturated rings. The number of hydrogen-bond donors (Lipinski definition) is 1. The largest absolute Gasteiger partial charge is 0.337 e. The fourth-order valence-electron chi connectivity index (χ4n) is 2.77. The first-order valence-electron chi connectivity index (χ1n) is 7.65. The summed E-state index contributed by atoms with van der Waals surface area (Å²) in [6, 6.07) is 8.57. The number of nitrogens with one attached hydrogen (secondary N) is 1. The van der Waals surface area contributed by atoms with Crippen molar-refractivity contribution in [2.24, 2.45) is 0 Å². The van der Waals surface area contributed by atoms with Gasteiger partial charge in [-0.1, -0.05) is 23.8 Å². The van der Waals surface area contributed by atoms with Gasteiger partial charge in [0.25, 0.3) is 0 Å². The Bertz CT molecular complexity index is 667. The van der Waals surface area contributed by atoms with E-state index in [4.69, 9.17) is 0 Å². The molecule has 1 aliphatic heterocycles. The van der Waals surface area contributed by atoms with Crippen LogP contribution in [0.1, 0.15) is 18.2 Å². The van der Waals surface area contributed by atoms with Crippen molar-refractivity contribution in [3.8, 4) is 10.6 Å². The second kappa shape index (κ2) is 6.58. The summed E-state index contributed by atoms with van der Waals surface area (Å²) in [7, 11) is 0. The molecule has 2 heterocycles. The van der Waals surface area contributed by atoms with Crippen molar-refractivity contribution in [1.29, 1.82) is 0 Å². The summed E-state index contributed by atoms with van der Waals surface area (Å²) in [5.74, 6) is 0.176. The van der Waals surface area contributed by atoms with Crippen LogP contribution >= 0.6 is 11.3 Å². The van der Waals surface area contributed by atoms with Crippen molar-refractivity contribution >= 4 is 17.2 Å². The number of carbonyl (C=O) groups excluding carboxylic acids is 1. The molecule has 3 rings (SSSR count). The van der Waals surface area contributed by atoms with E-state index >= 15 is 0 Å². The highest BCUT2D eigenvalue weighted by Gasteiger charge is 2.23. The third-order valence-corrected chi connectivity index (χ3v) is 4.91. The molecule has 116 valence electrons. The lowest BCUT2D eigenvalue weighted by Crippen LogP contribution is -2.52. The first kappa shape index (κ1) is 15.2. The minimum Gasteiger partial charge on any atom is -0.337 e. The lowest BCUT2D eigenvalue weighted by molar-refractivity contribution is -0.133. The van der Waals surface area contributed by atoms with E-state index in [-0.39, 0.29) is 11.9 Å². The smallest absolute Gasteiger partial charge is 0.228 e. The topological polar surface area (TPSA) is 45.2 Å². The van der Waals surface area contributed by atoms with Gasteiger partial charge < -0.3 is 10.2 Å². The van der Waals surface area contributed by atoms with E-state index in [1.807, 2.05) is 16.3 Å². The highest BCUT2D eigenvalue weighted by atomic mass is 32.1. The Morgan fingerprint density at radius 2 is 2.36 bits per heavy atom. The average molecular weight is 315 g/mol. The Kier molecular flexibility index (Phi) is 4.55. The number of hydrogen-bond acceptors (Lipinski definition) is 4. The minimum absolute atomic E-state index is 0.176. The minimum atomic E-state index is 0.176. The van der Waals surface area contributed by atoms with E-state index < -0.39 is 0 Å². The Morgan fingerprint density at radius 3 is 3.14 bits per heavy atom.